The van der Waals surface area contributed by atoms with E-state index < -0.39 is 0 Å². The number of rotatable bonds is 1. The van der Waals surface area contributed by atoms with E-state index in [4.69, 9.17) is 0 Å². The minimum Gasteiger partial charge on any atom is -0.142 e. The number of hydrogen-bond acceptors (Lipinski definition) is 2. The lowest BCUT2D eigenvalue weighted by Gasteiger charge is -2.01. The molecule has 2 aromatic rings. The third-order valence-electron chi connectivity index (χ3n) is 2.11. The SMILES string of the molecule is CCc1ccc2sc(Br)cc2c1S. The van der Waals surface area contributed by atoms with Crippen LogP contribution in [0.4, 0.5) is 0 Å². The Hall–Kier alpha value is 0.01000. The Morgan fingerprint density at radius 1 is 1.46 bits per heavy atom. The summed E-state index contributed by atoms with van der Waals surface area (Å²) in [7, 11) is 0. The van der Waals surface area contributed by atoms with Crippen LogP contribution in [0.3, 0.4) is 0 Å². The molecule has 0 aliphatic heterocycles. The highest BCUT2D eigenvalue weighted by Gasteiger charge is 2.05. The van der Waals surface area contributed by atoms with Crippen molar-refractivity contribution in [2.45, 2.75) is 18.2 Å². The largest absolute Gasteiger partial charge is 0.142 e. The van der Waals surface area contributed by atoms with E-state index in [-0.39, 0.29) is 0 Å². The Balaban J connectivity index is 2.78. The first-order chi connectivity index (χ1) is 6.22. The molecule has 0 N–H and O–H groups in total. The average molecular weight is 273 g/mol. The Morgan fingerprint density at radius 3 is 2.92 bits per heavy atom. The molecule has 13 heavy (non-hydrogen) atoms. The van der Waals surface area contributed by atoms with Crippen LogP contribution in [0.5, 0.6) is 0 Å². The molecule has 0 radical (unpaired) electrons. The van der Waals surface area contributed by atoms with Crippen LogP contribution in [-0.4, -0.2) is 0 Å². The van der Waals surface area contributed by atoms with E-state index in [0.29, 0.717) is 0 Å². The summed E-state index contributed by atoms with van der Waals surface area (Å²) in [6.07, 6.45) is 1.04. The molecule has 0 atom stereocenters. The third kappa shape index (κ3) is 1.65. The van der Waals surface area contributed by atoms with Crippen molar-refractivity contribution in [2.75, 3.05) is 0 Å². The van der Waals surface area contributed by atoms with Gasteiger partial charge in [0.1, 0.15) is 0 Å². The second kappa shape index (κ2) is 3.64. The van der Waals surface area contributed by atoms with Gasteiger partial charge in [-0.05, 0) is 40.0 Å². The summed E-state index contributed by atoms with van der Waals surface area (Å²) in [5.74, 6) is 0. The lowest BCUT2D eigenvalue weighted by Crippen LogP contribution is -1.81. The molecule has 0 bridgehead atoms. The molecule has 0 saturated carbocycles. The maximum Gasteiger partial charge on any atom is 0.0711 e. The van der Waals surface area contributed by atoms with E-state index in [1.807, 2.05) is 0 Å². The maximum atomic E-state index is 4.54. The molecule has 1 aromatic heterocycles. The molecule has 1 aromatic carbocycles. The smallest absolute Gasteiger partial charge is 0.0711 e. The molecule has 3 heteroatoms. The van der Waals surface area contributed by atoms with E-state index in [2.05, 4.69) is 53.7 Å². The fourth-order valence-electron chi connectivity index (χ4n) is 1.40. The van der Waals surface area contributed by atoms with Gasteiger partial charge in [-0.1, -0.05) is 13.0 Å². The van der Waals surface area contributed by atoms with Crippen molar-refractivity contribution in [3.63, 3.8) is 0 Å². The van der Waals surface area contributed by atoms with Crippen molar-refractivity contribution >= 4 is 50.0 Å². The van der Waals surface area contributed by atoms with Gasteiger partial charge in [0.2, 0.25) is 0 Å². The summed E-state index contributed by atoms with van der Waals surface area (Å²) in [4.78, 5) is 1.13. The zero-order chi connectivity index (χ0) is 9.42. The van der Waals surface area contributed by atoms with Gasteiger partial charge in [0.15, 0.2) is 0 Å². The number of hydrogen-bond donors (Lipinski definition) is 1. The summed E-state index contributed by atoms with van der Waals surface area (Å²) in [5.41, 5.74) is 1.32. The van der Waals surface area contributed by atoms with Gasteiger partial charge < -0.3 is 0 Å². The summed E-state index contributed by atoms with van der Waals surface area (Å²) in [5, 5.41) is 1.26. The number of thiol groups is 1. The first-order valence-electron chi connectivity index (χ1n) is 4.12. The third-order valence-corrected chi connectivity index (χ3v) is 4.24. The first kappa shape index (κ1) is 9.56. The monoisotopic (exact) mass is 272 g/mol. The highest BCUT2D eigenvalue weighted by atomic mass is 79.9. The van der Waals surface area contributed by atoms with Gasteiger partial charge in [-0.15, -0.1) is 24.0 Å². The molecular weight excluding hydrogens is 264 g/mol. The zero-order valence-electron chi connectivity index (χ0n) is 7.17. The number of halogens is 1. The van der Waals surface area contributed by atoms with Crippen LogP contribution in [-0.2, 0) is 6.42 Å². The van der Waals surface area contributed by atoms with E-state index in [9.17, 15) is 0 Å². The molecule has 2 rings (SSSR count). The second-order valence-corrected chi connectivity index (χ2v) is 5.80. The average Bonchev–Trinajstić information content (AvgIpc) is 2.47. The maximum absolute atomic E-state index is 4.54. The van der Waals surface area contributed by atoms with Crippen molar-refractivity contribution in [1.82, 2.24) is 0 Å². The van der Waals surface area contributed by atoms with Crippen molar-refractivity contribution in [1.29, 1.82) is 0 Å². The summed E-state index contributed by atoms with van der Waals surface area (Å²) < 4.78 is 2.47. The van der Waals surface area contributed by atoms with Gasteiger partial charge in [0, 0.05) is 15.0 Å². The molecule has 0 fully saturated rings. The summed E-state index contributed by atoms with van der Waals surface area (Å²) >= 11 is 9.79. The second-order valence-electron chi connectivity index (χ2n) is 2.89. The molecule has 1 heterocycles. The molecule has 0 saturated heterocycles. The predicted octanol–water partition coefficient (Wildman–Crippen LogP) is 4.51. The number of fused-ring (bicyclic) bond motifs is 1. The van der Waals surface area contributed by atoms with Crippen LogP contribution >= 0.6 is 39.9 Å². The number of benzene rings is 1. The number of aryl methyl sites for hydroxylation is 1. The van der Waals surface area contributed by atoms with Gasteiger partial charge in [0.05, 0.1) is 3.79 Å². The minimum atomic E-state index is 1.04. The standard InChI is InChI=1S/C10H9BrS2/c1-2-6-3-4-8-7(10(6)12)5-9(11)13-8/h3-5,12H,2H2,1H3. The molecule has 0 amide bonds. The van der Waals surface area contributed by atoms with E-state index in [0.717, 1.165) is 11.3 Å². The van der Waals surface area contributed by atoms with Crippen molar-refractivity contribution in [2.24, 2.45) is 0 Å². The molecule has 0 unspecified atom stereocenters. The van der Waals surface area contributed by atoms with E-state index in [1.54, 1.807) is 11.3 Å². The molecule has 0 spiro atoms. The molecule has 0 aliphatic carbocycles. The van der Waals surface area contributed by atoms with Crippen LogP contribution in [0.25, 0.3) is 10.1 Å². The number of thiophene rings is 1. The van der Waals surface area contributed by atoms with Crippen molar-refractivity contribution in [3.05, 3.63) is 27.5 Å². The summed E-state index contributed by atoms with van der Waals surface area (Å²) in [6.45, 7) is 2.16. The van der Waals surface area contributed by atoms with Gasteiger partial charge in [0.25, 0.3) is 0 Å². The fraction of sp³-hybridized carbons (Fsp3) is 0.200. The normalized spacial score (nSPS) is 11.0. The molecule has 68 valence electrons. The minimum absolute atomic E-state index is 1.04. The van der Waals surface area contributed by atoms with Crippen LogP contribution in [0.15, 0.2) is 26.9 Å². The van der Waals surface area contributed by atoms with Crippen molar-refractivity contribution < 1.29 is 0 Å². The lowest BCUT2D eigenvalue weighted by molar-refractivity contribution is 1.10. The van der Waals surface area contributed by atoms with Crippen LogP contribution < -0.4 is 0 Å². The Labute approximate surface area is 95.5 Å². The Morgan fingerprint density at radius 2 is 2.23 bits per heavy atom. The topological polar surface area (TPSA) is 0 Å². The Bertz CT molecular complexity index is 445. The highest BCUT2D eigenvalue weighted by Crippen LogP contribution is 2.35. The van der Waals surface area contributed by atoms with Crippen molar-refractivity contribution in [3.8, 4) is 0 Å². The quantitative estimate of drug-likeness (QED) is 0.726. The Kier molecular flexibility index (Phi) is 2.67. The predicted molar refractivity (Wildman–Crippen MR) is 66.2 cm³/mol. The van der Waals surface area contributed by atoms with Gasteiger partial charge >= 0.3 is 0 Å². The molecule has 0 aliphatic rings. The fourth-order valence-corrected chi connectivity index (χ4v) is 3.44. The summed E-state index contributed by atoms with van der Waals surface area (Å²) in [6, 6.07) is 6.47. The van der Waals surface area contributed by atoms with E-state index >= 15 is 0 Å². The van der Waals surface area contributed by atoms with Crippen LogP contribution in [0, 0.1) is 0 Å². The van der Waals surface area contributed by atoms with Gasteiger partial charge in [-0.25, -0.2) is 0 Å². The molecular formula is C10H9BrS2. The van der Waals surface area contributed by atoms with E-state index in [1.165, 1.54) is 19.4 Å². The zero-order valence-corrected chi connectivity index (χ0v) is 10.5. The van der Waals surface area contributed by atoms with Gasteiger partial charge in [-0.2, -0.15) is 0 Å². The first-order valence-corrected chi connectivity index (χ1v) is 6.18. The lowest BCUT2D eigenvalue weighted by atomic mass is 10.1. The van der Waals surface area contributed by atoms with Crippen LogP contribution in [0.1, 0.15) is 12.5 Å². The van der Waals surface area contributed by atoms with Gasteiger partial charge in [-0.3, -0.25) is 0 Å². The molecule has 0 nitrogen and oxygen atoms in total. The van der Waals surface area contributed by atoms with Crippen LogP contribution in [0.2, 0.25) is 0 Å². The highest BCUT2D eigenvalue weighted by molar-refractivity contribution is 9.11.